The summed E-state index contributed by atoms with van der Waals surface area (Å²) in [7, 11) is 0. The van der Waals surface area contributed by atoms with Crippen molar-refractivity contribution in [3.8, 4) is 0 Å². The van der Waals surface area contributed by atoms with Crippen LogP contribution in [0.25, 0.3) is 0 Å². The van der Waals surface area contributed by atoms with Crippen LogP contribution in [-0.4, -0.2) is 33.6 Å². The van der Waals surface area contributed by atoms with Gasteiger partial charge in [-0.2, -0.15) is 6.26 Å². The average molecular weight is 302 g/mol. The Kier molecular flexibility index (Phi) is 995. The van der Waals surface area contributed by atoms with Crippen LogP contribution in [0.3, 0.4) is 0 Å². The fourth-order valence-electron chi connectivity index (χ4n) is 0. The summed E-state index contributed by atoms with van der Waals surface area (Å²) in [5.41, 5.74) is 0. The molecule has 0 heterocycles. The zero-order valence-electron chi connectivity index (χ0n) is 1.91. The Labute approximate surface area is 68.3 Å². The van der Waals surface area contributed by atoms with Crippen LogP contribution >= 0.6 is 0 Å². The molecule has 0 aliphatic heterocycles. The van der Waals surface area contributed by atoms with Crippen LogP contribution in [0.4, 0.5) is 0 Å². The van der Waals surface area contributed by atoms with Gasteiger partial charge in [0, 0.05) is 27.3 Å². The zero-order valence-corrected chi connectivity index (χ0v) is 6.61. The molecule has 0 rings (SSSR count). The number of hydrogen-bond acceptors (Lipinski definition) is 1. The van der Waals surface area contributed by atoms with Gasteiger partial charge in [-0.1, -0.05) is 22.3 Å². The maximum Gasteiger partial charge on any atom is 0 e. The van der Waals surface area contributed by atoms with Crippen LogP contribution in [0.5, 0.6) is 0 Å². The topological polar surface area (TPSA) is 0 Å². The van der Waals surface area contributed by atoms with Crippen molar-refractivity contribution < 1.29 is 0 Å². The minimum absolute atomic E-state index is 0. The van der Waals surface area contributed by atoms with E-state index in [1.807, 2.05) is 0 Å². The van der Waals surface area contributed by atoms with Crippen molar-refractivity contribution in [1.29, 1.82) is 0 Å². The largest absolute Gasteiger partial charge is 0.796 e. The van der Waals surface area contributed by atoms with Crippen LogP contribution in [-0.2, 0) is 12.6 Å². The zero-order chi connectivity index (χ0) is 2.00. The first kappa shape index (κ1) is 55.4. The van der Waals surface area contributed by atoms with E-state index in [2.05, 4.69) is 12.6 Å². The molecule has 0 amide bonds. The second-order valence-electron chi connectivity index (χ2n) is 0. The van der Waals surface area contributed by atoms with Gasteiger partial charge in [-0.3, -0.25) is 0 Å². The molecular weight excluding hydrogens is 287 g/mol. The van der Waals surface area contributed by atoms with Gasteiger partial charge in [-0.15, -0.1) is 0 Å². The van der Waals surface area contributed by atoms with Crippen LogP contribution < -0.4 is 0 Å². The quantitative estimate of drug-likeness (QED) is 0.485. The molecule has 0 spiro atoms. The molecule has 0 aliphatic carbocycles. The standard InChI is InChI=1S/CH4S.3CH4.Pb/c1-2;;;;/h2H,1H3;3*1H4;/p-1. The van der Waals surface area contributed by atoms with Gasteiger partial charge in [-0.25, -0.2) is 0 Å². The normalized spacial score (nSPS) is 1.00. The van der Waals surface area contributed by atoms with Crippen molar-refractivity contribution in [2.24, 2.45) is 0 Å². The molecule has 2 heteroatoms. The first-order valence-corrected chi connectivity index (χ1v) is 1.22. The molecule has 0 aromatic carbocycles. The van der Waals surface area contributed by atoms with Gasteiger partial charge in [-0.05, 0) is 0 Å². The Bertz CT molecular complexity index is 7.51. The maximum absolute atomic E-state index is 4.08. The fraction of sp³-hybridized carbons (Fsp3) is 1.00. The molecule has 0 saturated heterocycles. The third-order valence-electron chi connectivity index (χ3n) is 0. The summed E-state index contributed by atoms with van der Waals surface area (Å²) in [6.45, 7) is 0. The molecule has 0 nitrogen and oxygen atoms in total. The van der Waals surface area contributed by atoms with E-state index in [0.717, 1.165) is 0 Å². The second kappa shape index (κ2) is 108. The Morgan fingerprint density at radius 1 is 0.833 bits per heavy atom. The summed E-state index contributed by atoms with van der Waals surface area (Å²) in [5, 5.41) is 0. The van der Waals surface area contributed by atoms with E-state index in [4.69, 9.17) is 0 Å². The van der Waals surface area contributed by atoms with E-state index < -0.39 is 0 Å². The van der Waals surface area contributed by atoms with Crippen LogP contribution in [0.2, 0.25) is 0 Å². The van der Waals surface area contributed by atoms with Gasteiger partial charge in [0.1, 0.15) is 0 Å². The molecule has 0 aromatic rings. The van der Waals surface area contributed by atoms with E-state index >= 15 is 0 Å². The Balaban J connectivity index is -0.000000000833. The Morgan fingerprint density at radius 3 is 0.833 bits per heavy atom. The molecule has 6 heavy (non-hydrogen) atoms. The third kappa shape index (κ3) is 59.5. The van der Waals surface area contributed by atoms with E-state index in [-0.39, 0.29) is 49.6 Å². The van der Waals surface area contributed by atoms with Gasteiger partial charge in [0.2, 0.25) is 0 Å². The predicted molar refractivity (Wildman–Crippen MR) is 39.2 cm³/mol. The molecule has 0 atom stereocenters. The summed E-state index contributed by atoms with van der Waals surface area (Å²) in [6.07, 6.45) is 1.58. The molecule has 4 radical (unpaired) electrons. The molecule has 0 unspecified atom stereocenters. The fourth-order valence-corrected chi connectivity index (χ4v) is 0. The van der Waals surface area contributed by atoms with Gasteiger partial charge < -0.3 is 12.6 Å². The smallest absolute Gasteiger partial charge is 0 e. The van der Waals surface area contributed by atoms with Crippen LogP contribution in [0.15, 0.2) is 0 Å². The van der Waals surface area contributed by atoms with E-state index in [0.29, 0.717) is 0 Å². The molecule has 0 fully saturated rings. The first-order valence-electron chi connectivity index (χ1n) is 0.408. The van der Waals surface area contributed by atoms with E-state index in [1.165, 1.54) is 0 Å². The molecule has 0 aromatic heterocycles. The van der Waals surface area contributed by atoms with Crippen LogP contribution in [0, 0.1) is 0 Å². The minimum atomic E-state index is 0. The Morgan fingerprint density at radius 2 is 0.833 bits per heavy atom. The molecule has 42 valence electrons. The second-order valence-corrected chi connectivity index (χ2v) is 0. The van der Waals surface area contributed by atoms with Crippen molar-refractivity contribution in [3.05, 3.63) is 0 Å². The van der Waals surface area contributed by atoms with Crippen molar-refractivity contribution in [2.75, 3.05) is 6.26 Å². The number of hydrogen-bond donors (Lipinski definition) is 0. The van der Waals surface area contributed by atoms with E-state index in [1.54, 1.807) is 6.26 Å². The van der Waals surface area contributed by atoms with Gasteiger partial charge >= 0.3 is 0 Å². The predicted octanol–water partition coefficient (Wildman–Crippen LogP) is 1.69. The van der Waals surface area contributed by atoms with Crippen molar-refractivity contribution >= 4 is 39.9 Å². The Hall–Kier alpha value is 1.27. The molecule has 0 aliphatic rings. The summed E-state index contributed by atoms with van der Waals surface area (Å²) in [6, 6.07) is 0. The first-order chi connectivity index (χ1) is 1.00. The summed E-state index contributed by atoms with van der Waals surface area (Å²) in [4.78, 5) is 0. The van der Waals surface area contributed by atoms with E-state index in [9.17, 15) is 0 Å². The SMILES string of the molecule is C.C.C.C[S-].[Pb]. The van der Waals surface area contributed by atoms with Gasteiger partial charge in [0.15, 0.2) is 0 Å². The molecule has 0 saturated carbocycles. The molecule has 0 bridgehead atoms. The molecular formula is C4H15PbS-. The molecule has 0 N–H and O–H groups in total. The summed E-state index contributed by atoms with van der Waals surface area (Å²) >= 11 is 4.08. The average Bonchev–Trinajstić information content (AvgIpc) is 1.00. The third-order valence-corrected chi connectivity index (χ3v) is 0. The van der Waals surface area contributed by atoms with Crippen LogP contribution in [0.1, 0.15) is 22.3 Å². The monoisotopic (exact) mass is 303 g/mol. The maximum atomic E-state index is 4.08. The number of rotatable bonds is 0. The van der Waals surface area contributed by atoms with Crippen molar-refractivity contribution in [1.82, 2.24) is 0 Å². The van der Waals surface area contributed by atoms with Crippen molar-refractivity contribution in [3.63, 3.8) is 0 Å². The van der Waals surface area contributed by atoms with Gasteiger partial charge in [0.25, 0.3) is 0 Å². The van der Waals surface area contributed by atoms with Crippen molar-refractivity contribution in [2.45, 2.75) is 22.3 Å². The minimum Gasteiger partial charge on any atom is -0.796 e. The summed E-state index contributed by atoms with van der Waals surface area (Å²) in [5.74, 6) is 0. The van der Waals surface area contributed by atoms with Gasteiger partial charge in [0.05, 0.1) is 0 Å². The summed E-state index contributed by atoms with van der Waals surface area (Å²) < 4.78 is 0.